The Morgan fingerprint density at radius 1 is 1.30 bits per heavy atom. The minimum absolute atomic E-state index is 0.0733. The van der Waals surface area contributed by atoms with Crippen molar-refractivity contribution in [3.63, 3.8) is 0 Å². The van der Waals surface area contributed by atoms with Crippen LogP contribution in [0.3, 0.4) is 0 Å². The first kappa shape index (κ1) is 14.8. The first-order valence-corrected chi connectivity index (χ1v) is 6.43. The van der Waals surface area contributed by atoms with E-state index >= 15 is 0 Å². The second-order valence-electron chi connectivity index (χ2n) is 5.35. The molecule has 0 aromatic heterocycles. The molecule has 1 heterocycles. The molecule has 1 saturated heterocycles. The van der Waals surface area contributed by atoms with Gasteiger partial charge < -0.3 is 10.6 Å². The molecule has 1 aliphatic heterocycles. The fourth-order valence-corrected chi connectivity index (χ4v) is 2.39. The monoisotopic (exact) mass is 286 g/mol. The molecule has 0 saturated carbocycles. The summed E-state index contributed by atoms with van der Waals surface area (Å²) in [5.74, 6) is -0.979. The van der Waals surface area contributed by atoms with Gasteiger partial charge in [0, 0.05) is 19.0 Å². The molecular weight excluding hydrogens is 269 g/mol. The first-order chi connectivity index (χ1) is 9.23. The van der Waals surface area contributed by atoms with Crippen LogP contribution in [-0.4, -0.2) is 35.6 Å². The van der Waals surface area contributed by atoms with E-state index in [2.05, 4.69) is 0 Å². The summed E-state index contributed by atoms with van der Waals surface area (Å²) in [6.07, 6.45) is -4.08. The molecule has 1 amide bonds. The number of halogens is 3. The van der Waals surface area contributed by atoms with E-state index in [-0.39, 0.29) is 12.5 Å². The summed E-state index contributed by atoms with van der Waals surface area (Å²) in [5, 5.41) is 0. The number of hydrogen-bond donors (Lipinski definition) is 1. The molecule has 0 spiro atoms. The lowest BCUT2D eigenvalue weighted by molar-refractivity contribution is -0.193. The summed E-state index contributed by atoms with van der Waals surface area (Å²) < 4.78 is 38.4. The van der Waals surface area contributed by atoms with Crippen molar-refractivity contribution in [2.45, 2.75) is 31.0 Å². The van der Waals surface area contributed by atoms with Crippen molar-refractivity contribution >= 4 is 5.91 Å². The molecule has 110 valence electrons. The average molecular weight is 286 g/mol. The lowest BCUT2D eigenvalue weighted by atomic mass is 9.98. The van der Waals surface area contributed by atoms with Crippen LogP contribution < -0.4 is 5.73 Å². The topological polar surface area (TPSA) is 46.3 Å². The molecule has 6 heteroatoms. The summed E-state index contributed by atoms with van der Waals surface area (Å²) in [7, 11) is 0. The predicted molar refractivity (Wildman–Crippen MR) is 69.0 cm³/mol. The van der Waals surface area contributed by atoms with Gasteiger partial charge in [-0.2, -0.15) is 13.2 Å². The van der Waals surface area contributed by atoms with Gasteiger partial charge in [0.25, 0.3) is 5.91 Å². The Labute approximate surface area is 115 Å². The molecule has 1 aromatic carbocycles. The molecule has 1 fully saturated rings. The molecule has 0 bridgehead atoms. The largest absolute Gasteiger partial charge is 0.415 e. The zero-order valence-corrected chi connectivity index (χ0v) is 11.2. The van der Waals surface area contributed by atoms with E-state index < -0.39 is 17.6 Å². The Morgan fingerprint density at radius 2 is 1.90 bits per heavy atom. The average Bonchev–Trinajstić information content (AvgIpc) is 2.87. The summed E-state index contributed by atoms with van der Waals surface area (Å²) in [5.41, 5.74) is 3.40. The highest BCUT2D eigenvalue weighted by Crippen LogP contribution is 2.33. The second kappa shape index (κ2) is 5.09. The minimum atomic E-state index is -4.74. The van der Waals surface area contributed by atoms with E-state index in [1.807, 2.05) is 30.3 Å². The molecular formula is C14H17F3N2O. The van der Waals surface area contributed by atoms with Gasteiger partial charge in [-0.3, -0.25) is 4.79 Å². The Bertz CT molecular complexity index is 485. The number of likely N-dealkylation sites (tertiary alicyclic amines) is 1. The molecule has 0 aliphatic carbocycles. The van der Waals surface area contributed by atoms with Crippen LogP contribution in [-0.2, 0) is 4.79 Å². The van der Waals surface area contributed by atoms with E-state index in [1.54, 1.807) is 0 Å². The van der Waals surface area contributed by atoms with Gasteiger partial charge in [-0.05, 0) is 18.9 Å². The van der Waals surface area contributed by atoms with E-state index in [0.29, 0.717) is 13.0 Å². The smallest absolute Gasteiger partial charge is 0.340 e. The number of alkyl halides is 3. The molecule has 2 atom stereocenters. The summed E-state index contributed by atoms with van der Waals surface area (Å²) in [6.45, 7) is 1.32. The van der Waals surface area contributed by atoms with Crippen molar-refractivity contribution in [1.82, 2.24) is 4.90 Å². The molecule has 2 unspecified atom stereocenters. The maximum atomic E-state index is 12.8. The predicted octanol–water partition coefficient (Wildman–Crippen LogP) is 2.28. The number of amides is 1. The third-order valence-electron chi connectivity index (χ3n) is 3.78. The van der Waals surface area contributed by atoms with E-state index in [4.69, 9.17) is 5.73 Å². The van der Waals surface area contributed by atoms with Crippen LogP contribution in [0, 0.1) is 0 Å². The summed E-state index contributed by atoms with van der Waals surface area (Å²) >= 11 is 0. The number of benzene rings is 1. The number of rotatable bonds is 2. The van der Waals surface area contributed by atoms with Crippen LogP contribution in [0.4, 0.5) is 13.2 Å². The lowest BCUT2D eigenvalue weighted by Gasteiger charge is -2.30. The van der Waals surface area contributed by atoms with Gasteiger partial charge >= 0.3 is 6.18 Å². The molecule has 0 radical (unpaired) electrons. The molecule has 2 rings (SSSR count). The van der Waals surface area contributed by atoms with Crippen molar-refractivity contribution in [3.05, 3.63) is 35.9 Å². The maximum Gasteiger partial charge on any atom is 0.415 e. The second-order valence-corrected chi connectivity index (χ2v) is 5.35. The lowest BCUT2D eigenvalue weighted by Crippen LogP contribution is -2.61. The Morgan fingerprint density at radius 3 is 2.45 bits per heavy atom. The summed E-state index contributed by atoms with van der Waals surface area (Å²) in [6, 6.07) is 9.47. The zero-order valence-electron chi connectivity index (χ0n) is 11.2. The normalized spacial score (nSPS) is 22.6. The van der Waals surface area contributed by atoms with Crippen molar-refractivity contribution in [2.75, 3.05) is 13.1 Å². The highest BCUT2D eigenvalue weighted by molar-refractivity contribution is 5.87. The van der Waals surface area contributed by atoms with Crippen molar-refractivity contribution in [1.29, 1.82) is 0 Å². The van der Waals surface area contributed by atoms with Crippen molar-refractivity contribution in [3.8, 4) is 0 Å². The van der Waals surface area contributed by atoms with Crippen LogP contribution in [0.25, 0.3) is 0 Å². The molecule has 1 aromatic rings. The van der Waals surface area contributed by atoms with E-state index in [1.165, 1.54) is 4.90 Å². The number of nitrogens with two attached hydrogens (primary N) is 1. The zero-order chi connectivity index (χ0) is 15.0. The molecule has 20 heavy (non-hydrogen) atoms. The standard InChI is InChI=1S/C14H17F3N2O/c1-13(18,14(15,16)17)12(20)19-8-7-11(9-19)10-5-3-2-4-6-10/h2-6,11H,7-9,18H2,1H3. The third kappa shape index (κ3) is 2.65. The Hall–Kier alpha value is -1.56. The van der Waals surface area contributed by atoms with E-state index in [0.717, 1.165) is 12.5 Å². The van der Waals surface area contributed by atoms with Gasteiger partial charge in [0.05, 0.1) is 0 Å². The Balaban J connectivity index is 2.09. The van der Waals surface area contributed by atoms with Gasteiger partial charge in [0.2, 0.25) is 0 Å². The van der Waals surface area contributed by atoms with Crippen molar-refractivity contribution in [2.24, 2.45) is 5.73 Å². The van der Waals surface area contributed by atoms with E-state index in [9.17, 15) is 18.0 Å². The van der Waals surface area contributed by atoms with Gasteiger partial charge in [0.15, 0.2) is 5.54 Å². The maximum absolute atomic E-state index is 12.8. The van der Waals surface area contributed by atoms with Gasteiger partial charge in [-0.25, -0.2) is 0 Å². The summed E-state index contributed by atoms with van der Waals surface area (Å²) in [4.78, 5) is 13.2. The van der Waals surface area contributed by atoms with Crippen LogP contribution in [0.1, 0.15) is 24.8 Å². The quantitative estimate of drug-likeness (QED) is 0.906. The van der Waals surface area contributed by atoms with Crippen LogP contribution >= 0.6 is 0 Å². The fraction of sp³-hybridized carbons (Fsp3) is 0.500. The highest BCUT2D eigenvalue weighted by atomic mass is 19.4. The fourth-order valence-electron chi connectivity index (χ4n) is 2.39. The SMILES string of the molecule is CC(N)(C(=O)N1CCC(c2ccccc2)C1)C(F)(F)F. The van der Waals surface area contributed by atoms with Gasteiger partial charge in [-0.1, -0.05) is 30.3 Å². The number of carbonyl (C=O) groups excluding carboxylic acids is 1. The van der Waals surface area contributed by atoms with Crippen molar-refractivity contribution < 1.29 is 18.0 Å². The number of nitrogens with zero attached hydrogens (tertiary/aromatic N) is 1. The first-order valence-electron chi connectivity index (χ1n) is 6.43. The number of hydrogen-bond acceptors (Lipinski definition) is 2. The molecule has 2 N–H and O–H groups in total. The van der Waals surface area contributed by atoms with Crippen LogP contribution in [0.15, 0.2) is 30.3 Å². The van der Waals surface area contributed by atoms with Gasteiger partial charge in [0.1, 0.15) is 0 Å². The molecule has 1 aliphatic rings. The Kier molecular flexibility index (Phi) is 3.77. The number of carbonyl (C=O) groups is 1. The highest BCUT2D eigenvalue weighted by Gasteiger charge is 2.55. The van der Waals surface area contributed by atoms with Crippen LogP contribution in [0.5, 0.6) is 0 Å². The third-order valence-corrected chi connectivity index (χ3v) is 3.78. The van der Waals surface area contributed by atoms with Gasteiger partial charge in [-0.15, -0.1) is 0 Å². The molecule has 3 nitrogen and oxygen atoms in total. The van der Waals surface area contributed by atoms with Crippen LogP contribution in [0.2, 0.25) is 0 Å². The minimum Gasteiger partial charge on any atom is -0.340 e.